The first-order chi connectivity index (χ1) is 7.63. The SMILES string of the molecule is CCOC(=O)C(C)NC(=O)CCNC1CC1. The van der Waals surface area contributed by atoms with Crippen molar-refractivity contribution in [2.45, 2.75) is 45.2 Å². The molecule has 5 nitrogen and oxygen atoms in total. The third-order valence-electron chi connectivity index (χ3n) is 2.38. The van der Waals surface area contributed by atoms with Gasteiger partial charge in [0, 0.05) is 19.0 Å². The van der Waals surface area contributed by atoms with Gasteiger partial charge in [-0.15, -0.1) is 0 Å². The molecular weight excluding hydrogens is 208 g/mol. The van der Waals surface area contributed by atoms with Crippen LogP contribution in [0.3, 0.4) is 0 Å². The van der Waals surface area contributed by atoms with Gasteiger partial charge in [0.15, 0.2) is 0 Å². The fraction of sp³-hybridized carbons (Fsp3) is 0.818. The van der Waals surface area contributed by atoms with E-state index in [1.165, 1.54) is 12.8 Å². The maximum atomic E-state index is 11.4. The minimum absolute atomic E-state index is 0.117. The molecule has 0 aliphatic heterocycles. The Balaban J connectivity index is 2.08. The fourth-order valence-electron chi connectivity index (χ4n) is 1.32. The van der Waals surface area contributed by atoms with Crippen LogP contribution < -0.4 is 10.6 Å². The summed E-state index contributed by atoms with van der Waals surface area (Å²) in [5.41, 5.74) is 0. The van der Waals surface area contributed by atoms with Crippen LogP contribution in [0, 0.1) is 0 Å². The molecule has 2 N–H and O–H groups in total. The van der Waals surface area contributed by atoms with Gasteiger partial charge in [-0.3, -0.25) is 4.79 Å². The van der Waals surface area contributed by atoms with Crippen LogP contribution in [0.4, 0.5) is 0 Å². The zero-order valence-electron chi connectivity index (χ0n) is 9.91. The van der Waals surface area contributed by atoms with Crippen molar-refractivity contribution in [3.8, 4) is 0 Å². The van der Waals surface area contributed by atoms with Gasteiger partial charge < -0.3 is 15.4 Å². The third-order valence-corrected chi connectivity index (χ3v) is 2.38. The number of hydrogen-bond acceptors (Lipinski definition) is 4. The second kappa shape index (κ2) is 6.48. The van der Waals surface area contributed by atoms with Gasteiger partial charge in [0.25, 0.3) is 0 Å². The molecule has 0 heterocycles. The van der Waals surface area contributed by atoms with Gasteiger partial charge in [-0.1, -0.05) is 0 Å². The van der Waals surface area contributed by atoms with E-state index >= 15 is 0 Å². The van der Waals surface area contributed by atoms with Gasteiger partial charge in [0.05, 0.1) is 6.61 Å². The molecule has 0 aromatic rings. The lowest BCUT2D eigenvalue weighted by Crippen LogP contribution is -2.40. The highest BCUT2D eigenvalue weighted by molar-refractivity contribution is 5.84. The predicted octanol–water partition coefficient (Wildman–Crippen LogP) is 0.196. The highest BCUT2D eigenvalue weighted by Crippen LogP contribution is 2.18. The van der Waals surface area contributed by atoms with E-state index in [1.54, 1.807) is 13.8 Å². The molecule has 0 aromatic carbocycles. The van der Waals surface area contributed by atoms with Crippen LogP contribution in [0.2, 0.25) is 0 Å². The molecule has 1 saturated carbocycles. The van der Waals surface area contributed by atoms with E-state index in [1.807, 2.05) is 0 Å². The number of nitrogens with one attached hydrogen (secondary N) is 2. The first-order valence-electron chi connectivity index (χ1n) is 5.83. The van der Waals surface area contributed by atoms with Gasteiger partial charge in [-0.25, -0.2) is 4.79 Å². The molecular formula is C11H20N2O3. The largest absolute Gasteiger partial charge is 0.464 e. The highest BCUT2D eigenvalue weighted by atomic mass is 16.5. The molecule has 0 spiro atoms. The van der Waals surface area contributed by atoms with Gasteiger partial charge in [-0.2, -0.15) is 0 Å². The van der Waals surface area contributed by atoms with E-state index in [9.17, 15) is 9.59 Å². The van der Waals surface area contributed by atoms with Crippen molar-refractivity contribution in [2.75, 3.05) is 13.2 Å². The Morgan fingerprint density at radius 1 is 1.44 bits per heavy atom. The number of carbonyl (C=O) groups is 2. The quantitative estimate of drug-likeness (QED) is 0.611. The van der Waals surface area contributed by atoms with Gasteiger partial charge in [0.2, 0.25) is 5.91 Å². The Bertz CT molecular complexity index is 252. The Hall–Kier alpha value is -1.10. The molecule has 0 aromatic heterocycles. The Morgan fingerprint density at radius 3 is 2.69 bits per heavy atom. The van der Waals surface area contributed by atoms with Crippen molar-refractivity contribution < 1.29 is 14.3 Å². The maximum absolute atomic E-state index is 11.4. The molecule has 92 valence electrons. The number of hydrogen-bond donors (Lipinski definition) is 2. The van der Waals surface area contributed by atoms with Crippen LogP contribution in [0.1, 0.15) is 33.1 Å². The summed E-state index contributed by atoms with van der Waals surface area (Å²) < 4.78 is 4.79. The highest BCUT2D eigenvalue weighted by Gasteiger charge is 2.21. The summed E-state index contributed by atoms with van der Waals surface area (Å²) in [6.45, 7) is 4.38. The van der Waals surface area contributed by atoms with Gasteiger partial charge in [0.1, 0.15) is 6.04 Å². The maximum Gasteiger partial charge on any atom is 0.328 e. The van der Waals surface area contributed by atoms with E-state index in [0.29, 0.717) is 25.6 Å². The number of esters is 1. The summed E-state index contributed by atoms with van der Waals surface area (Å²) in [5, 5.41) is 5.84. The smallest absolute Gasteiger partial charge is 0.328 e. The first kappa shape index (κ1) is 13.0. The van der Waals surface area contributed by atoms with Crippen molar-refractivity contribution in [1.82, 2.24) is 10.6 Å². The average Bonchev–Trinajstić information content (AvgIpc) is 3.02. The van der Waals surface area contributed by atoms with Crippen molar-refractivity contribution in [1.29, 1.82) is 0 Å². The lowest BCUT2D eigenvalue weighted by atomic mass is 10.3. The minimum atomic E-state index is -0.562. The van der Waals surface area contributed by atoms with Crippen LogP contribution in [0.5, 0.6) is 0 Å². The van der Waals surface area contributed by atoms with Crippen LogP contribution in [0.15, 0.2) is 0 Å². The zero-order valence-corrected chi connectivity index (χ0v) is 9.91. The molecule has 1 atom stereocenters. The standard InChI is InChI=1S/C11H20N2O3/c1-3-16-11(15)8(2)13-10(14)6-7-12-9-4-5-9/h8-9,12H,3-7H2,1-2H3,(H,13,14). The van der Waals surface area contributed by atoms with Crippen LogP contribution in [-0.4, -0.2) is 37.1 Å². The van der Waals surface area contributed by atoms with Crippen molar-refractivity contribution in [2.24, 2.45) is 0 Å². The monoisotopic (exact) mass is 228 g/mol. The van der Waals surface area contributed by atoms with Crippen molar-refractivity contribution in [3.05, 3.63) is 0 Å². The van der Waals surface area contributed by atoms with Crippen LogP contribution >= 0.6 is 0 Å². The second-order valence-corrected chi connectivity index (χ2v) is 4.02. The van der Waals surface area contributed by atoms with E-state index < -0.39 is 6.04 Å². The van der Waals surface area contributed by atoms with E-state index in [0.717, 1.165) is 0 Å². The first-order valence-corrected chi connectivity index (χ1v) is 5.83. The number of carbonyl (C=O) groups excluding carboxylic acids is 2. The molecule has 0 saturated heterocycles. The second-order valence-electron chi connectivity index (χ2n) is 4.02. The average molecular weight is 228 g/mol. The molecule has 1 unspecified atom stereocenters. The Morgan fingerprint density at radius 2 is 2.12 bits per heavy atom. The molecule has 1 aliphatic carbocycles. The van der Waals surface area contributed by atoms with E-state index in [2.05, 4.69) is 10.6 Å². The fourth-order valence-corrected chi connectivity index (χ4v) is 1.32. The molecule has 0 bridgehead atoms. The van der Waals surface area contributed by atoms with Gasteiger partial charge >= 0.3 is 5.97 Å². The zero-order chi connectivity index (χ0) is 12.0. The summed E-state index contributed by atoms with van der Waals surface area (Å²) in [4.78, 5) is 22.6. The van der Waals surface area contributed by atoms with Crippen LogP contribution in [-0.2, 0) is 14.3 Å². The summed E-state index contributed by atoms with van der Waals surface area (Å²) in [6.07, 6.45) is 2.82. The van der Waals surface area contributed by atoms with Crippen molar-refractivity contribution >= 4 is 11.9 Å². The van der Waals surface area contributed by atoms with Crippen molar-refractivity contribution in [3.63, 3.8) is 0 Å². The number of rotatable bonds is 7. The summed E-state index contributed by atoms with van der Waals surface area (Å²) >= 11 is 0. The lowest BCUT2D eigenvalue weighted by molar-refractivity contribution is -0.146. The topological polar surface area (TPSA) is 67.4 Å². The predicted molar refractivity (Wildman–Crippen MR) is 59.9 cm³/mol. The van der Waals surface area contributed by atoms with Gasteiger partial charge in [-0.05, 0) is 26.7 Å². The molecule has 0 radical (unpaired) electrons. The molecule has 1 fully saturated rings. The normalized spacial score (nSPS) is 16.6. The molecule has 1 amide bonds. The molecule has 5 heteroatoms. The Labute approximate surface area is 95.9 Å². The molecule has 16 heavy (non-hydrogen) atoms. The van der Waals surface area contributed by atoms with E-state index in [-0.39, 0.29) is 11.9 Å². The number of amides is 1. The minimum Gasteiger partial charge on any atom is -0.464 e. The third kappa shape index (κ3) is 5.11. The number of ether oxygens (including phenoxy) is 1. The molecule has 1 rings (SSSR count). The van der Waals surface area contributed by atoms with E-state index in [4.69, 9.17) is 4.74 Å². The lowest BCUT2D eigenvalue weighted by Gasteiger charge is -2.12. The summed E-state index contributed by atoms with van der Waals surface area (Å²) in [7, 11) is 0. The Kier molecular flexibility index (Phi) is 5.25. The summed E-state index contributed by atoms with van der Waals surface area (Å²) in [5.74, 6) is -0.500. The molecule has 1 aliphatic rings. The summed E-state index contributed by atoms with van der Waals surface area (Å²) in [6, 6.07) is 0.0451. The van der Waals surface area contributed by atoms with Crippen LogP contribution in [0.25, 0.3) is 0 Å².